The highest BCUT2D eigenvalue weighted by Crippen LogP contribution is 2.18. The van der Waals surface area contributed by atoms with E-state index in [0.717, 1.165) is 5.75 Å². The van der Waals surface area contributed by atoms with E-state index >= 15 is 0 Å². The summed E-state index contributed by atoms with van der Waals surface area (Å²) in [5, 5.41) is 2.81. The van der Waals surface area contributed by atoms with Crippen LogP contribution in [0, 0.1) is 0 Å². The maximum Gasteiger partial charge on any atom is 0.323 e. The second-order valence-corrected chi connectivity index (χ2v) is 5.48. The largest absolute Gasteiger partial charge is 0.491 e. The molecule has 0 atom stereocenters. The number of benzene rings is 2. The predicted octanol–water partition coefficient (Wildman–Crippen LogP) is 2.90. The quantitative estimate of drug-likeness (QED) is 0.692. The van der Waals surface area contributed by atoms with Crippen LogP contribution in [0.3, 0.4) is 0 Å². The van der Waals surface area contributed by atoms with E-state index in [1.807, 2.05) is 26.0 Å². The molecule has 0 saturated carbocycles. The zero-order valence-corrected chi connectivity index (χ0v) is 12.8. The van der Waals surface area contributed by atoms with Crippen LogP contribution < -0.4 is 15.7 Å². The molecule has 0 saturated heterocycles. The van der Waals surface area contributed by atoms with Crippen LogP contribution in [-0.4, -0.2) is 22.0 Å². The second-order valence-electron chi connectivity index (χ2n) is 5.48. The molecule has 1 aromatic heterocycles. The van der Waals surface area contributed by atoms with E-state index in [1.165, 1.54) is 0 Å². The molecule has 0 radical (unpaired) electrons. The molecule has 6 nitrogen and oxygen atoms in total. The van der Waals surface area contributed by atoms with Gasteiger partial charge in [-0.25, -0.2) is 4.79 Å². The van der Waals surface area contributed by atoms with Crippen molar-refractivity contribution in [2.24, 2.45) is 0 Å². The summed E-state index contributed by atoms with van der Waals surface area (Å²) < 4.78 is 5.56. The lowest BCUT2D eigenvalue weighted by Gasteiger charge is -2.10. The highest BCUT2D eigenvalue weighted by Gasteiger charge is 2.08. The Bertz CT molecular complexity index is 891. The summed E-state index contributed by atoms with van der Waals surface area (Å²) in [4.78, 5) is 28.8. The third-order valence-corrected chi connectivity index (χ3v) is 3.26. The second kappa shape index (κ2) is 6.00. The third kappa shape index (κ3) is 3.42. The average Bonchev–Trinajstić information content (AvgIpc) is 2.87. The van der Waals surface area contributed by atoms with E-state index in [2.05, 4.69) is 15.3 Å². The monoisotopic (exact) mass is 311 g/mol. The smallest absolute Gasteiger partial charge is 0.323 e. The number of aromatic amines is 2. The van der Waals surface area contributed by atoms with E-state index in [4.69, 9.17) is 4.74 Å². The van der Waals surface area contributed by atoms with Crippen LogP contribution in [0.5, 0.6) is 5.75 Å². The summed E-state index contributed by atoms with van der Waals surface area (Å²) in [5.74, 6) is 0.510. The van der Waals surface area contributed by atoms with Gasteiger partial charge in [0, 0.05) is 11.3 Å². The molecule has 23 heavy (non-hydrogen) atoms. The van der Waals surface area contributed by atoms with Gasteiger partial charge in [-0.2, -0.15) is 0 Å². The number of H-pyrrole nitrogens is 2. The zero-order valence-electron chi connectivity index (χ0n) is 12.8. The number of nitrogens with one attached hydrogen (secondary N) is 3. The maximum atomic E-state index is 12.3. The number of carbonyl (C=O) groups excluding carboxylic acids is 1. The minimum absolute atomic E-state index is 0.102. The van der Waals surface area contributed by atoms with Gasteiger partial charge in [0.2, 0.25) is 0 Å². The summed E-state index contributed by atoms with van der Waals surface area (Å²) in [5.41, 5.74) is 2.12. The van der Waals surface area contributed by atoms with Crippen LogP contribution in [0.15, 0.2) is 47.3 Å². The molecule has 3 N–H and O–H groups in total. The van der Waals surface area contributed by atoms with Crippen LogP contribution in [0.25, 0.3) is 11.0 Å². The molecular weight excluding hydrogens is 294 g/mol. The van der Waals surface area contributed by atoms with Crippen molar-refractivity contribution in [3.63, 3.8) is 0 Å². The van der Waals surface area contributed by atoms with Crippen molar-refractivity contribution in [2.45, 2.75) is 20.0 Å². The first kappa shape index (κ1) is 14.9. The Balaban J connectivity index is 1.75. The molecule has 6 heteroatoms. The Morgan fingerprint density at radius 2 is 1.74 bits per heavy atom. The van der Waals surface area contributed by atoms with E-state index < -0.39 is 0 Å². The van der Waals surface area contributed by atoms with Crippen LogP contribution >= 0.6 is 0 Å². The van der Waals surface area contributed by atoms with E-state index in [1.54, 1.807) is 30.3 Å². The molecule has 0 aliphatic carbocycles. The Morgan fingerprint density at radius 3 is 2.43 bits per heavy atom. The topological polar surface area (TPSA) is 87.0 Å². The van der Waals surface area contributed by atoms with Crippen LogP contribution in [0.1, 0.15) is 24.2 Å². The van der Waals surface area contributed by atoms with Gasteiger partial charge in [0.15, 0.2) is 0 Å². The molecule has 0 fully saturated rings. The van der Waals surface area contributed by atoms with Crippen molar-refractivity contribution >= 4 is 22.6 Å². The third-order valence-electron chi connectivity index (χ3n) is 3.26. The number of amides is 1. The summed E-state index contributed by atoms with van der Waals surface area (Å²) in [6, 6.07) is 12.2. The minimum atomic E-state index is -0.293. The summed E-state index contributed by atoms with van der Waals surface area (Å²) in [7, 11) is 0. The van der Waals surface area contributed by atoms with Crippen molar-refractivity contribution < 1.29 is 9.53 Å². The summed E-state index contributed by atoms with van der Waals surface area (Å²) in [6.45, 7) is 3.91. The number of hydrogen-bond acceptors (Lipinski definition) is 3. The Morgan fingerprint density at radius 1 is 1.04 bits per heavy atom. The molecule has 0 bridgehead atoms. The number of imidazole rings is 1. The van der Waals surface area contributed by atoms with Crippen molar-refractivity contribution in [3.05, 3.63) is 58.5 Å². The first-order valence-corrected chi connectivity index (χ1v) is 7.31. The Hall–Kier alpha value is -3.02. The van der Waals surface area contributed by atoms with Crippen molar-refractivity contribution in [1.29, 1.82) is 0 Å². The maximum absolute atomic E-state index is 12.3. The van der Waals surface area contributed by atoms with E-state index in [-0.39, 0.29) is 17.7 Å². The standard InChI is InChI=1S/C17H17N3O3/c1-10(2)23-13-6-4-12(5-7-13)18-16(21)11-3-8-14-15(9-11)20-17(22)19-14/h3-10H,1-2H3,(H,18,21)(H2,19,20,22). The van der Waals surface area contributed by atoms with Gasteiger partial charge in [0.1, 0.15) is 5.75 Å². The van der Waals surface area contributed by atoms with Gasteiger partial charge in [-0.3, -0.25) is 4.79 Å². The van der Waals surface area contributed by atoms with E-state index in [0.29, 0.717) is 22.3 Å². The van der Waals surface area contributed by atoms with Gasteiger partial charge in [-0.05, 0) is 56.3 Å². The zero-order chi connectivity index (χ0) is 16.4. The lowest BCUT2D eigenvalue weighted by Crippen LogP contribution is -2.12. The fourth-order valence-electron chi connectivity index (χ4n) is 2.27. The number of ether oxygens (including phenoxy) is 1. The molecule has 3 rings (SSSR count). The SMILES string of the molecule is CC(C)Oc1ccc(NC(=O)c2ccc3[nH]c(=O)[nH]c3c2)cc1. The normalized spacial score (nSPS) is 10.9. The highest BCUT2D eigenvalue weighted by molar-refractivity contribution is 6.05. The van der Waals surface area contributed by atoms with Crippen LogP contribution in [0.4, 0.5) is 5.69 Å². The average molecular weight is 311 g/mol. The van der Waals surface area contributed by atoms with E-state index in [9.17, 15) is 9.59 Å². The van der Waals surface area contributed by atoms with Crippen LogP contribution in [0.2, 0.25) is 0 Å². The first-order chi connectivity index (χ1) is 11.0. The molecule has 0 spiro atoms. The van der Waals surface area contributed by atoms with Gasteiger partial charge in [0.05, 0.1) is 17.1 Å². The van der Waals surface area contributed by atoms with Crippen molar-refractivity contribution in [3.8, 4) is 5.75 Å². The molecule has 3 aromatic rings. The number of aromatic nitrogens is 2. The molecular formula is C17H17N3O3. The molecule has 118 valence electrons. The Labute approximate surface area is 132 Å². The highest BCUT2D eigenvalue weighted by atomic mass is 16.5. The number of hydrogen-bond donors (Lipinski definition) is 3. The summed E-state index contributed by atoms with van der Waals surface area (Å²) in [6.07, 6.45) is 0.102. The number of fused-ring (bicyclic) bond motifs is 1. The number of rotatable bonds is 4. The Kier molecular flexibility index (Phi) is 3.89. The van der Waals surface area contributed by atoms with Crippen molar-refractivity contribution in [1.82, 2.24) is 9.97 Å². The number of carbonyl (C=O) groups is 1. The number of anilines is 1. The van der Waals surface area contributed by atoms with Crippen LogP contribution in [-0.2, 0) is 0 Å². The molecule has 1 heterocycles. The summed E-state index contributed by atoms with van der Waals surface area (Å²) >= 11 is 0. The van der Waals surface area contributed by atoms with Gasteiger partial charge >= 0.3 is 5.69 Å². The first-order valence-electron chi connectivity index (χ1n) is 7.31. The lowest BCUT2D eigenvalue weighted by molar-refractivity contribution is 0.102. The van der Waals surface area contributed by atoms with Gasteiger partial charge in [0.25, 0.3) is 5.91 Å². The molecule has 0 aliphatic rings. The predicted molar refractivity (Wildman–Crippen MR) is 89.1 cm³/mol. The minimum Gasteiger partial charge on any atom is -0.491 e. The van der Waals surface area contributed by atoms with Crippen molar-refractivity contribution in [2.75, 3.05) is 5.32 Å². The fraction of sp³-hybridized carbons (Fsp3) is 0.176. The molecule has 0 unspecified atom stereocenters. The van der Waals surface area contributed by atoms with Gasteiger partial charge in [-0.15, -0.1) is 0 Å². The fourth-order valence-corrected chi connectivity index (χ4v) is 2.27. The lowest BCUT2D eigenvalue weighted by atomic mass is 10.2. The molecule has 1 amide bonds. The molecule has 2 aromatic carbocycles. The van der Waals surface area contributed by atoms with Gasteiger partial charge < -0.3 is 20.0 Å². The molecule has 0 aliphatic heterocycles. The van der Waals surface area contributed by atoms with Gasteiger partial charge in [-0.1, -0.05) is 0 Å².